The van der Waals surface area contributed by atoms with Gasteiger partial charge in [0.15, 0.2) is 0 Å². The third kappa shape index (κ3) is 5.00. The third-order valence-corrected chi connectivity index (χ3v) is 5.61. The minimum Gasteiger partial charge on any atom is -0.262 e. The Morgan fingerprint density at radius 2 is 2.04 bits per heavy atom. The predicted octanol–water partition coefficient (Wildman–Crippen LogP) is 2.50. The molecule has 2 N–H and O–H groups in total. The number of nitro benzene ring substituents is 1. The van der Waals surface area contributed by atoms with Crippen molar-refractivity contribution in [3.8, 4) is 0 Å². The summed E-state index contributed by atoms with van der Waals surface area (Å²) < 4.78 is 27.2. The van der Waals surface area contributed by atoms with Crippen LogP contribution in [0.5, 0.6) is 0 Å². The Morgan fingerprint density at radius 1 is 1.36 bits per heavy atom. The summed E-state index contributed by atoms with van der Waals surface area (Å²) in [6.07, 6.45) is 0.658. The van der Waals surface area contributed by atoms with E-state index in [1.807, 2.05) is 6.92 Å². The Bertz CT molecular complexity index is 887. The van der Waals surface area contributed by atoms with Crippen molar-refractivity contribution in [3.63, 3.8) is 0 Å². The molecule has 0 amide bonds. The van der Waals surface area contributed by atoms with E-state index in [-0.39, 0.29) is 15.5 Å². The van der Waals surface area contributed by atoms with Gasteiger partial charge >= 0.3 is 0 Å². The fraction of sp³-hybridized carbons (Fsp3) is 0.429. The minimum absolute atomic E-state index is 0.164. The van der Waals surface area contributed by atoms with E-state index in [9.17, 15) is 18.5 Å². The number of nitrogens with zero attached hydrogens (tertiary/aromatic N) is 3. The first-order valence-corrected chi connectivity index (χ1v) is 9.73. The van der Waals surface area contributed by atoms with Crippen LogP contribution < -0.4 is 4.72 Å². The van der Waals surface area contributed by atoms with E-state index in [1.54, 1.807) is 20.8 Å². The largest absolute Gasteiger partial charge is 0.284 e. The quantitative estimate of drug-likeness (QED) is 0.577. The number of nitro groups is 1. The van der Waals surface area contributed by atoms with Gasteiger partial charge < -0.3 is 0 Å². The van der Waals surface area contributed by atoms with Crippen molar-refractivity contribution in [1.29, 1.82) is 0 Å². The molecule has 0 aliphatic heterocycles. The minimum atomic E-state index is -3.86. The van der Waals surface area contributed by atoms with E-state index < -0.39 is 20.5 Å². The lowest BCUT2D eigenvalue weighted by molar-refractivity contribution is -0.388. The molecule has 0 radical (unpaired) electrons. The van der Waals surface area contributed by atoms with Gasteiger partial charge in [-0.3, -0.25) is 15.2 Å². The number of rotatable bonds is 6. The Morgan fingerprint density at radius 3 is 2.56 bits per heavy atom. The average molecular weight is 385 g/mol. The van der Waals surface area contributed by atoms with Crippen LogP contribution in [0, 0.1) is 10.1 Å². The normalized spacial score (nSPS) is 12.3. The molecule has 11 heteroatoms. The summed E-state index contributed by atoms with van der Waals surface area (Å²) in [5.41, 5.74) is -1.01. The van der Waals surface area contributed by atoms with Crippen LogP contribution in [0.3, 0.4) is 0 Å². The molecule has 1 aromatic heterocycles. The van der Waals surface area contributed by atoms with Gasteiger partial charge in [0, 0.05) is 18.0 Å². The number of nitrogens with one attached hydrogen (secondary N) is 2. The number of aryl methyl sites for hydroxylation is 1. The second-order valence-electron chi connectivity index (χ2n) is 6.26. The lowest BCUT2D eigenvalue weighted by atomic mass is 10.1. The molecule has 25 heavy (non-hydrogen) atoms. The maximum atomic E-state index is 12.4. The highest BCUT2D eigenvalue weighted by Gasteiger charge is 2.26. The fourth-order valence-corrected chi connectivity index (χ4v) is 4.19. The molecule has 2 rings (SSSR count). The summed E-state index contributed by atoms with van der Waals surface area (Å²) in [4.78, 5) is 15.0. The number of sulfonamides is 1. The smallest absolute Gasteiger partial charge is 0.262 e. The molecule has 9 nitrogen and oxygen atoms in total. The van der Waals surface area contributed by atoms with Gasteiger partial charge in [0.25, 0.3) is 5.69 Å². The lowest BCUT2D eigenvalue weighted by Crippen LogP contribution is -2.40. The monoisotopic (exact) mass is 385 g/mol. The van der Waals surface area contributed by atoms with Crippen molar-refractivity contribution in [1.82, 2.24) is 19.9 Å². The van der Waals surface area contributed by atoms with Crippen LogP contribution >= 0.6 is 11.8 Å². The summed E-state index contributed by atoms with van der Waals surface area (Å²) in [6.45, 7) is 6.98. The van der Waals surface area contributed by atoms with Crippen LogP contribution in [0.15, 0.2) is 33.1 Å². The van der Waals surface area contributed by atoms with Crippen molar-refractivity contribution >= 4 is 27.5 Å². The van der Waals surface area contributed by atoms with E-state index in [0.717, 1.165) is 17.8 Å². The van der Waals surface area contributed by atoms with Gasteiger partial charge in [-0.05, 0) is 44.7 Å². The molecule has 0 aliphatic rings. The highest BCUT2D eigenvalue weighted by atomic mass is 32.2. The third-order valence-electron chi connectivity index (χ3n) is 2.93. The van der Waals surface area contributed by atoms with Gasteiger partial charge in [0.2, 0.25) is 15.2 Å². The maximum absolute atomic E-state index is 12.4. The van der Waals surface area contributed by atoms with E-state index in [4.69, 9.17) is 0 Å². The van der Waals surface area contributed by atoms with Gasteiger partial charge in [0.1, 0.15) is 5.82 Å². The van der Waals surface area contributed by atoms with Crippen molar-refractivity contribution in [2.45, 2.75) is 54.6 Å². The molecule has 0 bridgehead atoms. The second kappa shape index (κ2) is 7.10. The van der Waals surface area contributed by atoms with Crippen molar-refractivity contribution in [2.24, 2.45) is 0 Å². The number of benzene rings is 1. The van der Waals surface area contributed by atoms with Crippen LogP contribution in [-0.2, 0) is 16.4 Å². The molecule has 0 aliphatic carbocycles. The number of hydrogen-bond acceptors (Lipinski definition) is 7. The molecule has 0 spiro atoms. The van der Waals surface area contributed by atoms with E-state index in [0.29, 0.717) is 17.4 Å². The molecule has 1 aromatic carbocycles. The van der Waals surface area contributed by atoms with E-state index in [1.165, 1.54) is 12.1 Å². The highest BCUT2D eigenvalue weighted by Crippen LogP contribution is 2.34. The van der Waals surface area contributed by atoms with Crippen molar-refractivity contribution in [2.75, 3.05) is 0 Å². The molecular weight excluding hydrogens is 366 g/mol. The number of aromatic nitrogens is 3. The SMILES string of the molecule is CCc1nc(Sc2ccc(S(=O)(=O)NC(C)(C)C)cc2[N+](=O)[O-])n[nH]1. The molecule has 1 heterocycles. The van der Waals surface area contributed by atoms with Gasteiger partial charge in [-0.15, -0.1) is 5.10 Å². The first kappa shape index (κ1) is 19.3. The number of hydrogen-bond donors (Lipinski definition) is 2. The van der Waals surface area contributed by atoms with Gasteiger partial charge in [-0.1, -0.05) is 6.92 Å². The van der Waals surface area contributed by atoms with Gasteiger partial charge in [-0.25, -0.2) is 18.1 Å². The van der Waals surface area contributed by atoms with Crippen LogP contribution in [0.4, 0.5) is 5.69 Å². The Labute approximate surface area is 149 Å². The lowest BCUT2D eigenvalue weighted by Gasteiger charge is -2.20. The average Bonchev–Trinajstić information content (AvgIpc) is 2.92. The van der Waals surface area contributed by atoms with Gasteiger partial charge in [-0.2, -0.15) is 0 Å². The Hall–Kier alpha value is -1.98. The molecule has 0 atom stereocenters. The molecule has 0 saturated carbocycles. The van der Waals surface area contributed by atoms with Crippen LogP contribution in [-0.4, -0.2) is 34.1 Å². The first-order valence-electron chi connectivity index (χ1n) is 7.43. The van der Waals surface area contributed by atoms with Crippen LogP contribution in [0.2, 0.25) is 0 Å². The number of H-pyrrole nitrogens is 1. The number of aromatic amines is 1. The zero-order chi connectivity index (χ0) is 18.8. The Balaban J connectivity index is 2.39. The summed E-state index contributed by atoms with van der Waals surface area (Å²) in [6, 6.07) is 3.77. The zero-order valence-corrected chi connectivity index (χ0v) is 15.9. The zero-order valence-electron chi connectivity index (χ0n) is 14.2. The molecule has 0 saturated heterocycles. The van der Waals surface area contributed by atoms with Crippen molar-refractivity contribution in [3.05, 3.63) is 34.1 Å². The fourth-order valence-electron chi connectivity index (χ4n) is 1.94. The first-order chi connectivity index (χ1) is 11.5. The molecule has 0 fully saturated rings. The van der Waals surface area contributed by atoms with E-state index >= 15 is 0 Å². The molecular formula is C14H19N5O4S2. The van der Waals surface area contributed by atoms with Crippen molar-refractivity contribution < 1.29 is 13.3 Å². The summed E-state index contributed by atoms with van der Waals surface area (Å²) in [7, 11) is -3.86. The summed E-state index contributed by atoms with van der Waals surface area (Å²) >= 11 is 1.00. The van der Waals surface area contributed by atoms with Crippen LogP contribution in [0.1, 0.15) is 33.5 Å². The molecule has 2 aromatic rings. The predicted molar refractivity (Wildman–Crippen MR) is 93.1 cm³/mol. The summed E-state index contributed by atoms with van der Waals surface area (Å²) in [5, 5.41) is 18.4. The topological polar surface area (TPSA) is 131 Å². The Kier molecular flexibility index (Phi) is 5.49. The second-order valence-corrected chi connectivity index (χ2v) is 8.95. The molecule has 0 unspecified atom stereocenters. The summed E-state index contributed by atoms with van der Waals surface area (Å²) in [5.74, 6) is 0.665. The van der Waals surface area contributed by atoms with Crippen LogP contribution in [0.25, 0.3) is 0 Å². The van der Waals surface area contributed by atoms with E-state index in [2.05, 4.69) is 19.9 Å². The highest BCUT2D eigenvalue weighted by molar-refractivity contribution is 7.99. The standard InChI is InChI=1S/C14H19N5O4S2/c1-5-12-15-13(17-16-12)24-11-7-6-9(8-10(11)19(20)21)25(22,23)18-14(2,3)4/h6-8,18H,5H2,1-4H3,(H,15,16,17). The van der Waals surface area contributed by atoms with Gasteiger partial charge in [0.05, 0.1) is 14.7 Å². The molecule has 136 valence electrons. The maximum Gasteiger partial charge on any atom is 0.284 e.